The van der Waals surface area contributed by atoms with Crippen molar-refractivity contribution in [2.75, 3.05) is 32.7 Å². The van der Waals surface area contributed by atoms with E-state index in [2.05, 4.69) is 30.4 Å². The van der Waals surface area contributed by atoms with Gasteiger partial charge in [-0.05, 0) is 36.8 Å². The van der Waals surface area contributed by atoms with E-state index in [1.165, 1.54) is 51.1 Å². The molecule has 3 heteroatoms. The van der Waals surface area contributed by atoms with E-state index in [-0.39, 0.29) is 0 Å². The first kappa shape index (κ1) is 14.7. The Morgan fingerprint density at radius 3 is 2.50 bits per heavy atom. The molecule has 3 aliphatic rings. The molecule has 1 saturated heterocycles. The molecule has 2 nitrogen and oxygen atoms in total. The van der Waals surface area contributed by atoms with E-state index in [0.29, 0.717) is 0 Å². The smallest absolute Gasteiger partial charge is 0.127 e. The molecule has 0 radical (unpaired) electrons. The van der Waals surface area contributed by atoms with Gasteiger partial charge in [0.05, 0.1) is 6.54 Å². The number of hydrogen-bond donors (Lipinski definition) is 2. The maximum atomic E-state index is 6.09. The van der Waals surface area contributed by atoms with Gasteiger partial charge in [-0.15, -0.1) is 0 Å². The third kappa shape index (κ3) is 3.24. The minimum atomic E-state index is 0.866. The van der Waals surface area contributed by atoms with Crippen molar-refractivity contribution in [2.24, 2.45) is 17.8 Å². The largest absolute Gasteiger partial charge is 0.325 e. The highest BCUT2D eigenvalue weighted by Crippen LogP contribution is 2.42. The number of piperazine rings is 1. The van der Waals surface area contributed by atoms with Crippen LogP contribution in [0.2, 0.25) is 5.02 Å². The first-order chi connectivity index (χ1) is 10.8. The zero-order valence-corrected chi connectivity index (χ0v) is 14.0. The third-order valence-corrected chi connectivity index (χ3v) is 6.21. The normalized spacial score (nSPS) is 36.9. The lowest BCUT2D eigenvalue weighted by Gasteiger charge is -2.32. The molecule has 0 spiro atoms. The van der Waals surface area contributed by atoms with Gasteiger partial charge in [-0.2, -0.15) is 0 Å². The fourth-order valence-corrected chi connectivity index (χ4v) is 4.99. The van der Waals surface area contributed by atoms with Crippen molar-refractivity contribution in [3.63, 3.8) is 0 Å². The highest BCUT2D eigenvalue weighted by atomic mass is 35.5. The average Bonchev–Trinajstić information content (AvgIpc) is 3.12. The van der Waals surface area contributed by atoms with Crippen LogP contribution in [0.4, 0.5) is 0 Å². The number of nitrogens with one attached hydrogen (secondary N) is 2. The van der Waals surface area contributed by atoms with Crippen molar-refractivity contribution < 1.29 is 9.80 Å². The number of benzene rings is 1. The van der Waals surface area contributed by atoms with Crippen LogP contribution in [-0.2, 0) is 6.54 Å². The minimum Gasteiger partial charge on any atom is -0.325 e. The van der Waals surface area contributed by atoms with Crippen LogP contribution in [0, 0.1) is 17.8 Å². The molecule has 2 aliphatic carbocycles. The quantitative estimate of drug-likeness (QED) is 0.761. The van der Waals surface area contributed by atoms with E-state index in [1.54, 1.807) is 4.90 Å². The lowest BCUT2D eigenvalue weighted by molar-refractivity contribution is -1.02. The van der Waals surface area contributed by atoms with Crippen molar-refractivity contribution in [3.05, 3.63) is 47.0 Å². The van der Waals surface area contributed by atoms with Gasteiger partial charge in [0.2, 0.25) is 0 Å². The van der Waals surface area contributed by atoms with Crippen molar-refractivity contribution >= 4 is 11.6 Å². The van der Waals surface area contributed by atoms with E-state index < -0.39 is 0 Å². The molecule has 4 rings (SSSR count). The maximum Gasteiger partial charge on any atom is 0.127 e. The number of fused-ring (bicyclic) bond motifs is 2. The minimum absolute atomic E-state index is 0.866. The Morgan fingerprint density at radius 1 is 1.00 bits per heavy atom. The predicted molar refractivity (Wildman–Crippen MR) is 90.3 cm³/mol. The summed E-state index contributed by atoms with van der Waals surface area (Å²) in [5.74, 6) is 2.80. The summed E-state index contributed by atoms with van der Waals surface area (Å²) in [6.07, 6.45) is 7.87. The van der Waals surface area contributed by atoms with Gasteiger partial charge in [0.25, 0.3) is 0 Å². The molecule has 118 valence electrons. The number of rotatable bonds is 4. The van der Waals surface area contributed by atoms with Crippen LogP contribution in [0.25, 0.3) is 0 Å². The Balaban J connectivity index is 1.25. The van der Waals surface area contributed by atoms with E-state index in [1.807, 2.05) is 11.0 Å². The Labute approximate surface area is 138 Å². The molecule has 1 aliphatic heterocycles. The van der Waals surface area contributed by atoms with Gasteiger partial charge in [0, 0.05) is 16.5 Å². The lowest BCUT2D eigenvalue weighted by Crippen LogP contribution is -3.27. The van der Waals surface area contributed by atoms with Gasteiger partial charge in [0.1, 0.15) is 32.7 Å². The fourth-order valence-electron chi connectivity index (χ4n) is 4.77. The zero-order chi connectivity index (χ0) is 14.9. The van der Waals surface area contributed by atoms with Gasteiger partial charge in [-0.1, -0.05) is 35.9 Å². The van der Waals surface area contributed by atoms with Crippen LogP contribution < -0.4 is 9.80 Å². The predicted octanol–water partition coefficient (Wildman–Crippen LogP) is 0.836. The van der Waals surface area contributed by atoms with Crippen LogP contribution in [0.5, 0.6) is 0 Å². The van der Waals surface area contributed by atoms with Crippen LogP contribution in [0.3, 0.4) is 0 Å². The van der Waals surface area contributed by atoms with E-state index in [9.17, 15) is 0 Å². The summed E-state index contributed by atoms with van der Waals surface area (Å²) >= 11 is 6.09. The average molecular weight is 319 g/mol. The first-order valence-corrected chi connectivity index (χ1v) is 9.24. The van der Waals surface area contributed by atoms with Crippen molar-refractivity contribution in [2.45, 2.75) is 19.4 Å². The van der Waals surface area contributed by atoms with Gasteiger partial charge in [-0.3, -0.25) is 0 Å². The molecule has 2 bridgehead atoms. The molecule has 1 aromatic carbocycles. The number of allylic oxidation sites excluding steroid dienone is 2. The van der Waals surface area contributed by atoms with Crippen LogP contribution >= 0.6 is 11.6 Å². The lowest BCUT2D eigenvalue weighted by atomic mass is 9.93. The molecular formula is C19H27ClN2+2. The zero-order valence-electron chi connectivity index (χ0n) is 13.2. The van der Waals surface area contributed by atoms with Gasteiger partial charge in [0.15, 0.2) is 0 Å². The monoisotopic (exact) mass is 318 g/mol. The highest BCUT2D eigenvalue weighted by Gasteiger charge is 2.38. The second-order valence-electron chi connectivity index (χ2n) is 7.55. The summed E-state index contributed by atoms with van der Waals surface area (Å²) in [6.45, 7) is 7.83. The molecule has 0 amide bonds. The van der Waals surface area contributed by atoms with Crippen LogP contribution in [-0.4, -0.2) is 32.7 Å². The third-order valence-electron chi connectivity index (χ3n) is 5.97. The molecule has 2 N–H and O–H groups in total. The molecule has 0 aromatic heterocycles. The maximum absolute atomic E-state index is 6.09. The second-order valence-corrected chi connectivity index (χ2v) is 7.99. The van der Waals surface area contributed by atoms with E-state index >= 15 is 0 Å². The molecule has 1 aromatic rings. The Morgan fingerprint density at radius 2 is 1.82 bits per heavy atom. The topological polar surface area (TPSA) is 8.88 Å². The SMILES string of the molecule is Clc1cccc(C[NH+]2CC[NH+](C[C@@H]3C[C@H]4C=C[C@H]3C4)CC2)c1. The molecule has 1 heterocycles. The number of hydrogen-bond acceptors (Lipinski definition) is 0. The summed E-state index contributed by atoms with van der Waals surface area (Å²) in [5, 5.41) is 0.866. The van der Waals surface area contributed by atoms with Gasteiger partial charge < -0.3 is 9.80 Å². The Hall–Kier alpha value is -0.830. The van der Waals surface area contributed by atoms with Gasteiger partial charge in [-0.25, -0.2) is 0 Å². The molecule has 0 unspecified atom stereocenters. The summed E-state index contributed by atoms with van der Waals surface area (Å²) in [4.78, 5) is 3.57. The van der Waals surface area contributed by atoms with E-state index in [0.717, 1.165) is 29.3 Å². The van der Waals surface area contributed by atoms with Gasteiger partial charge >= 0.3 is 0 Å². The summed E-state index contributed by atoms with van der Waals surface area (Å²) in [5.41, 5.74) is 1.38. The number of halogens is 1. The molecule has 1 saturated carbocycles. The standard InChI is InChI=1S/C19H25ClN2/c20-19-3-1-2-16(12-19)13-21-6-8-22(9-7-21)14-18-11-15-4-5-17(18)10-15/h1-5,12,15,17-18H,6-11,13-14H2/p+2/t15-,17-,18-/m0/s1. The van der Waals surface area contributed by atoms with Crippen LogP contribution in [0.15, 0.2) is 36.4 Å². The highest BCUT2D eigenvalue weighted by molar-refractivity contribution is 6.30. The molecule has 2 fully saturated rings. The Kier molecular flexibility index (Phi) is 4.25. The fraction of sp³-hybridized carbons (Fsp3) is 0.579. The van der Waals surface area contributed by atoms with Crippen molar-refractivity contribution in [1.29, 1.82) is 0 Å². The Bertz CT molecular complexity index is 548. The van der Waals surface area contributed by atoms with Crippen molar-refractivity contribution in [1.82, 2.24) is 0 Å². The summed E-state index contributed by atoms with van der Waals surface area (Å²) in [7, 11) is 0. The van der Waals surface area contributed by atoms with Crippen LogP contribution in [0.1, 0.15) is 18.4 Å². The van der Waals surface area contributed by atoms with E-state index in [4.69, 9.17) is 11.6 Å². The first-order valence-electron chi connectivity index (χ1n) is 8.86. The summed E-state index contributed by atoms with van der Waals surface area (Å²) < 4.78 is 0. The van der Waals surface area contributed by atoms with Crippen molar-refractivity contribution in [3.8, 4) is 0 Å². The second kappa shape index (κ2) is 6.35. The molecular weight excluding hydrogens is 292 g/mol. The summed E-state index contributed by atoms with van der Waals surface area (Å²) in [6, 6.07) is 8.36. The number of quaternary nitrogens is 2. The molecule has 22 heavy (non-hydrogen) atoms. The molecule has 3 atom stereocenters.